The molecule has 18 heavy (non-hydrogen) atoms. The fraction of sp³-hybridized carbons (Fsp3) is 0.692. The topological polar surface area (TPSA) is 78.0 Å². The Labute approximate surface area is 108 Å². The van der Waals surface area contributed by atoms with Crippen molar-refractivity contribution in [2.75, 3.05) is 11.9 Å². The Kier molecular flexibility index (Phi) is 5.34. The first-order valence-corrected chi connectivity index (χ1v) is 6.42. The highest BCUT2D eigenvalue weighted by Gasteiger charge is 2.14. The van der Waals surface area contributed by atoms with E-state index in [1.54, 1.807) is 0 Å². The monoisotopic (exact) mass is 253 g/mol. The van der Waals surface area contributed by atoms with E-state index >= 15 is 0 Å². The van der Waals surface area contributed by atoms with E-state index in [1.165, 1.54) is 6.07 Å². The lowest BCUT2D eigenvalue weighted by Gasteiger charge is -2.22. The Bertz CT molecular complexity index is 426. The molecular formula is C13H23N3O2. The molecular weight excluding hydrogens is 230 g/mol. The summed E-state index contributed by atoms with van der Waals surface area (Å²) >= 11 is 0. The van der Waals surface area contributed by atoms with E-state index in [4.69, 9.17) is 5.11 Å². The van der Waals surface area contributed by atoms with Crippen LogP contribution in [0.25, 0.3) is 0 Å². The summed E-state index contributed by atoms with van der Waals surface area (Å²) in [5.41, 5.74) is -0.150. The molecule has 1 atom stereocenters. The van der Waals surface area contributed by atoms with Crippen LogP contribution >= 0.6 is 0 Å². The number of rotatable bonds is 6. The van der Waals surface area contributed by atoms with Crippen LogP contribution in [0.4, 0.5) is 5.82 Å². The third-order valence-electron chi connectivity index (χ3n) is 2.88. The molecule has 0 aliphatic heterocycles. The molecule has 0 bridgehead atoms. The standard InChI is InChI=1S/C13H23N3O2/c1-8(2)10(5-6-17)14-11-7-12(18)16-13(15-11)9(3)4/h7-10,17H,5-6H2,1-4H3,(H2,14,15,16,18). The Morgan fingerprint density at radius 1 is 1.39 bits per heavy atom. The minimum atomic E-state index is -0.150. The number of anilines is 1. The predicted octanol–water partition coefficient (Wildman–Crippen LogP) is 1.71. The summed E-state index contributed by atoms with van der Waals surface area (Å²) < 4.78 is 0. The lowest BCUT2D eigenvalue weighted by atomic mass is 10.0. The van der Waals surface area contributed by atoms with Gasteiger partial charge in [-0.25, -0.2) is 4.98 Å². The lowest BCUT2D eigenvalue weighted by molar-refractivity contribution is 0.267. The van der Waals surface area contributed by atoms with Crippen molar-refractivity contribution in [3.05, 3.63) is 22.2 Å². The molecule has 1 heterocycles. The van der Waals surface area contributed by atoms with Crippen LogP contribution in [0, 0.1) is 5.92 Å². The molecule has 102 valence electrons. The maximum atomic E-state index is 11.5. The van der Waals surface area contributed by atoms with Gasteiger partial charge in [0, 0.05) is 24.6 Å². The van der Waals surface area contributed by atoms with Gasteiger partial charge in [-0.05, 0) is 12.3 Å². The number of hydrogen-bond acceptors (Lipinski definition) is 4. The van der Waals surface area contributed by atoms with Gasteiger partial charge in [0.1, 0.15) is 11.6 Å². The number of nitrogens with one attached hydrogen (secondary N) is 2. The van der Waals surface area contributed by atoms with E-state index in [1.807, 2.05) is 13.8 Å². The predicted molar refractivity (Wildman–Crippen MR) is 72.9 cm³/mol. The highest BCUT2D eigenvalue weighted by molar-refractivity contribution is 5.34. The molecule has 0 aromatic carbocycles. The van der Waals surface area contributed by atoms with Gasteiger partial charge in [-0.15, -0.1) is 0 Å². The molecule has 0 aliphatic carbocycles. The van der Waals surface area contributed by atoms with Crippen molar-refractivity contribution >= 4 is 5.82 Å². The first-order valence-electron chi connectivity index (χ1n) is 6.42. The van der Waals surface area contributed by atoms with Gasteiger partial charge in [-0.1, -0.05) is 27.7 Å². The van der Waals surface area contributed by atoms with E-state index in [2.05, 4.69) is 29.1 Å². The van der Waals surface area contributed by atoms with Gasteiger partial charge in [0.25, 0.3) is 5.56 Å². The van der Waals surface area contributed by atoms with Crippen molar-refractivity contribution < 1.29 is 5.11 Å². The minimum Gasteiger partial charge on any atom is -0.396 e. The van der Waals surface area contributed by atoms with Crippen LogP contribution < -0.4 is 10.9 Å². The molecule has 0 spiro atoms. The maximum Gasteiger partial charge on any atom is 0.252 e. The van der Waals surface area contributed by atoms with Crippen LogP contribution in [0.1, 0.15) is 45.9 Å². The fourth-order valence-electron chi connectivity index (χ4n) is 1.73. The average Bonchev–Trinajstić information content (AvgIpc) is 2.27. The summed E-state index contributed by atoms with van der Waals surface area (Å²) in [4.78, 5) is 18.7. The molecule has 0 saturated heterocycles. The second kappa shape index (κ2) is 6.54. The molecule has 0 saturated carbocycles. The van der Waals surface area contributed by atoms with E-state index in [0.29, 0.717) is 24.0 Å². The lowest BCUT2D eigenvalue weighted by Crippen LogP contribution is -2.28. The first-order chi connectivity index (χ1) is 8.43. The zero-order valence-corrected chi connectivity index (χ0v) is 11.5. The van der Waals surface area contributed by atoms with Crippen molar-refractivity contribution in [1.82, 2.24) is 9.97 Å². The molecule has 0 fully saturated rings. The average molecular weight is 253 g/mol. The molecule has 1 aromatic heterocycles. The smallest absolute Gasteiger partial charge is 0.252 e. The van der Waals surface area contributed by atoms with Crippen molar-refractivity contribution in [2.24, 2.45) is 5.92 Å². The van der Waals surface area contributed by atoms with Crippen LogP contribution in [0.5, 0.6) is 0 Å². The number of aromatic amines is 1. The second-order valence-corrected chi connectivity index (χ2v) is 5.18. The van der Waals surface area contributed by atoms with Gasteiger partial charge in [0.15, 0.2) is 0 Å². The van der Waals surface area contributed by atoms with Gasteiger partial charge < -0.3 is 15.4 Å². The Morgan fingerprint density at radius 2 is 2.06 bits per heavy atom. The summed E-state index contributed by atoms with van der Waals surface area (Å²) in [6.07, 6.45) is 0.642. The molecule has 1 unspecified atom stereocenters. The minimum absolute atomic E-state index is 0.115. The molecule has 1 aromatic rings. The van der Waals surface area contributed by atoms with E-state index < -0.39 is 0 Å². The summed E-state index contributed by atoms with van der Waals surface area (Å²) in [7, 11) is 0. The van der Waals surface area contributed by atoms with Crippen LogP contribution in [-0.2, 0) is 0 Å². The molecule has 3 N–H and O–H groups in total. The number of hydrogen-bond donors (Lipinski definition) is 3. The van der Waals surface area contributed by atoms with Crippen LogP contribution in [0.2, 0.25) is 0 Å². The van der Waals surface area contributed by atoms with Gasteiger partial charge >= 0.3 is 0 Å². The van der Waals surface area contributed by atoms with Crippen LogP contribution in [0.3, 0.4) is 0 Å². The van der Waals surface area contributed by atoms with Crippen molar-refractivity contribution in [2.45, 2.75) is 46.1 Å². The normalized spacial score (nSPS) is 13.1. The van der Waals surface area contributed by atoms with Gasteiger partial charge in [-0.3, -0.25) is 4.79 Å². The summed E-state index contributed by atoms with van der Waals surface area (Å²) in [5, 5.41) is 12.3. The second-order valence-electron chi connectivity index (χ2n) is 5.18. The fourth-order valence-corrected chi connectivity index (χ4v) is 1.73. The molecule has 0 amide bonds. The highest BCUT2D eigenvalue weighted by atomic mass is 16.3. The third kappa shape index (κ3) is 4.14. The summed E-state index contributed by atoms with van der Waals surface area (Å²) in [6.45, 7) is 8.23. The van der Waals surface area contributed by atoms with Gasteiger partial charge in [-0.2, -0.15) is 0 Å². The highest BCUT2D eigenvalue weighted by Crippen LogP contribution is 2.14. The molecule has 1 rings (SSSR count). The third-order valence-corrected chi connectivity index (χ3v) is 2.88. The van der Waals surface area contributed by atoms with E-state index in [9.17, 15) is 4.79 Å². The summed E-state index contributed by atoms with van der Waals surface area (Å²) in [6, 6.07) is 1.57. The first kappa shape index (κ1) is 14.7. The molecule has 5 heteroatoms. The molecule has 0 aliphatic rings. The largest absolute Gasteiger partial charge is 0.396 e. The Hall–Kier alpha value is -1.36. The SMILES string of the molecule is CC(C)c1nc(NC(CCO)C(C)C)cc(=O)[nH]1. The van der Waals surface area contributed by atoms with Crippen molar-refractivity contribution in [3.8, 4) is 0 Å². The van der Waals surface area contributed by atoms with Crippen molar-refractivity contribution in [3.63, 3.8) is 0 Å². The number of aliphatic hydroxyl groups is 1. The van der Waals surface area contributed by atoms with Crippen LogP contribution in [-0.4, -0.2) is 27.7 Å². The van der Waals surface area contributed by atoms with Gasteiger partial charge in [0.2, 0.25) is 0 Å². The number of aliphatic hydroxyl groups excluding tert-OH is 1. The Morgan fingerprint density at radius 3 is 2.56 bits per heavy atom. The number of aromatic nitrogens is 2. The Balaban J connectivity index is 2.92. The maximum absolute atomic E-state index is 11.5. The van der Waals surface area contributed by atoms with E-state index in [0.717, 1.165) is 0 Å². The summed E-state index contributed by atoms with van der Waals surface area (Å²) in [5.74, 6) is 1.79. The quantitative estimate of drug-likeness (QED) is 0.721. The molecule has 5 nitrogen and oxygen atoms in total. The number of nitrogens with zero attached hydrogens (tertiary/aromatic N) is 1. The van der Waals surface area contributed by atoms with Crippen molar-refractivity contribution in [1.29, 1.82) is 0 Å². The van der Waals surface area contributed by atoms with Gasteiger partial charge in [0.05, 0.1) is 0 Å². The zero-order chi connectivity index (χ0) is 13.7. The zero-order valence-electron chi connectivity index (χ0n) is 11.5. The molecule has 0 radical (unpaired) electrons. The van der Waals surface area contributed by atoms with E-state index in [-0.39, 0.29) is 24.1 Å². The number of H-pyrrole nitrogens is 1. The van der Waals surface area contributed by atoms with Crippen LogP contribution in [0.15, 0.2) is 10.9 Å².